The topological polar surface area (TPSA) is 95.5 Å². The lowest BCUT2D eigenvalue weighted by molar-refractivity contribution is 0.0636. The first-order chi connectivity index (χ1) is 22.3. The Bertz CT molecular complexity index is 1860. The van der Waals surface area contributed by atoms with Gasteiger partial charge in [0.05, 0.1) is 15.2 Å². The highest BCUT2D eigenvalue weighted by molar-refractivity contribution is 7.22. The first-order valence-electron chi connectivity index (χ1n) is 16.2. The zero-order valence-electron chi connectivity index (χ0n) is 27.3. The molecule has 3 fully saturated rings. The fraction of sp³-hybridized carbons (Fsp3) is 0.529. The second kappa shape index (κ2) is 12.0. The molecular weight excluding hydrogens is 644 g/mol. The van der Waals surface area contributed by atoms with Crippen LogP contribution in [0.1, 0.15) is 58.7 Å². The second-order valence-electron chi connectivity index (χ2n) is 14.6. The number of nitrogens with zero attached hydrogens (tertiary/aromatic N) is 5. The molecule has 2 aliphatic heterocycles. The Morgan fingerprint density at radius 1 is 1.15 bits per heavy atom. The molecule has 2 atom stereocenters. The maximum Gasteiger partial charge on any atom is 0.413 e. The van der Waals surface area contributed by atoms with Gasteiger partial charge in [0.15, 0.2) is 10.9 Å². The molecule has 1 amide bonds. The van der Waals surface area contributed by atoms with Crippen LogP contribution < -0.4 is 15.5 Å². The Morgan fingerprint density at radius 3 is 2.53 bits per heavy atom. The van der Waals surface area contributed by atoms with Crippen LogP contribution in [0.25, 0.3) is 32.2 Å². The third-order valence-electron chi connectivity index (χ3n) is 9.29. The largest absolute Gasteiger partial charge is 0.444 e. The van der Waals surface area contributed by atoms with Crippen LogP contribution in [0.4, 0.5) is 24.5 Å². The normalized spacial score (nSPS) is 20.4. The van der Waals surface area contributed by atoms with Crippen molar-refractivity contribution in [3.63, 3.8) is 0 Å². The molecule has 4 heterocycles. The third kappa shape index (κ3) is 6.62. The Labute approximate surface area is 282 Å². The van der Waals surface area contributed by atoms with Crippen LogP contribution in [-0.2, 0) is 11.2 Å². The highest BCUT2D eigenvalue weighted by Crippen LogP contribution is 2.50. The Kier molecular flexibility index (Phi) is 8.30. The van der Waals surface area contributed by atoms with Crippen molar-refractivity contribution in [2.75, 3.05) is 43.9 Å². The number of carbonyl (C=O) groups excluding carboxylic acids is 1. The number of amides is 1. The lowest BCUT2D eigenvalue weighted by Gasteiger charge is -2.34. The summed E-state index contributed by atoms with van der Waals surface area (Å²) in [5.74, 6) is 0.169. The number of carbonyl (C=O) groups is 1. The average molecular weight is 684 g/mol. The predicted molar refractivity (Wildman–Crippen MR) is 184 cm³/mol. The summed E-state index contributed by atoms with van der Waals surface area (Å²) in [5.41, 5.74) is 0.287. The summed E-state index contributed by atoms with van der Waals surface area (Å²) in [6, 6.07) is 5.18. The van der Waals surface area contributed by atoms with E-state index < -0.39 is 23.3 Å². The molecule has 2 unspecified atom stereocenters. The number of ether oxygens (including phenoxy) is 1. The molecule has 2 saturated heterocycles. The van der Waals surface area contributed by atoms with Crippen molar-refractivity contribution in [1.82, 2.24) is 25.2 Å². The molecule has 2 aromatic carbocycles. The van der Waals surface area contributed by atoms with Gasteiger partial charge in [0.25, 0.3) is 0 Å². The Hall–Kier alpha value is -3.19. The van der Waals surface area contributed by atoms with Crippen molar-refractivity contribution in [3.05, 3.63) is 40.7 Å². The molecule has 1 aliphatic carbocycles. The van der Waals surface area contributed by atoms with Gasteiger partial charge in [-0.2, -0.15) is 0 Å². The van der Waals surface area contributed by atoms with Gasteiger partial charge in [-0.3, -0.25) is 5.32 Å². The van der Waals surface area contributed by atoms with E-state index in [4.69, 9.17) is 26.3 Å². The monoisotopic (exact) mass is 683 g/mol. The van der Waals surface area contributed by atoms with Crippen molar-refractivity contribution in [3.8, 4) is 11.1 Å². The SMILES string of the molecule is CN(C)CC1(CCc2nc(N3CC4CCC(C3)N4)c3cc(Cl)c(-c4ccc(F)c5sc(NC(=O)OC(C)(C)C)nc45)c(F)c3n2)CC1. The molecule has 250 valence electrons. The molecule has 7 rings (SSSR count). The third-order valence-corrected chi connectivity index (χ3v) is 10.6. The summed E-state index contributed by atoms with van der Waals surface area (Å²) < 4.78 is 37.6. The van der Waals surface area contributed by atoms with E-state index in [1.165, 1.54) is 25.0 Å². The molecular formula is C34H40ClF2N7O2S. The minimum atomic E-state index is -0.728. The van der Waals surface area contributed by atoms with Crippen LogP contribution in [0, 0.1) is 17.0 Å². The first-order valence-corrected chi connectivity index (χ1v) is 17.4. The number of aryl methyl sites for hydroxylation is 1. The van der Waals surface area contributed by atoms with Gasteiger partial charge >= 0.3 is 6.09 Å². The summed E-state index contributed by atoms with van der Waals surface area (Å²) in [5, 5.41) is 7.07. The standard InChI is InChI=1S/C34H40ClF2N7O2S/c1-33(2,3)46-32(45)42-31-41-28-20(8-9-23(36)29(28)47-31)25-22(35)14-21-27(26(25)37)39-24(10-11-34(12-13-34)17-43(4)5)40-30(21)44-15-18-6-7-19(16-44)38-18/h8-9,14,18-19,38H,6-7,10-13,15-17H2,1-5H3,(H,41,42,45). The van der Waals surface area contributed by atoms with E-state index in [2.05, 4.69) is 39.5 Å². The molecule has 2 aromatic heterocycles. The van der Waals surface area contributed by atoms with Gasteiger partial charge in [0.2, 0.25) is 0 Å². The van der Waals surface area contributed by atoms with Gasteiger partial charge in [-0.05, 0) is 90.6 Å². The van der Waals surface area contributed by atoms with Crippen LogP contribution in [0.15, 0.2) is 18.2 Å². The van der Waals surface area contributed by atoms with Gasteiger partial charge in [0.1, 0.15) is 28.6 Å². The number of nitrogens with one attached hydrogen (secondary N) is 2. The predicted octanol–water partition coefficient (Wildman–Crippen LogP) is 7.40. The van der Waals surface area contributed by atoms with E-state index >= 15 is 8.78 Å². The van der Waals surface area contributed by atoms with Crippen molar-refractivity contribution in [2.24, 2.45) is 5.41 Å². The van der Waals surface area contributed by atoms with E-state index in [0.29, 0.717) is 41.1 Å². The molecule has 1 saturated carbocycles. The van der Waals surface area contributed by atoms with Crippen LogP contribution in [-0.4, -0.2) is 77.4 Å². The van der Waals surface area contributed by atoms with E-state index in [1.807, 2.05) is 0 Å². The Balaban J connectivity index is 1.32. The van der Waals surface area contributed by atoms with E-state index in [1.54, 1.807) is 26.8 Å². The van der Waals surface area contributed by atoms with Crippen LogP contribution in [0.5, 0.6) is 0 Å². The van der Waals surface area contributed by atoms with Crippen molar-refractivity contribution in [1.29, 1.82) is 0 Å². The lowest BCUT2D eigenvalue weighted by atomic mass is 9.99. The Morgan fingerprint density at radius 2 is 1.87 bits per heavy atom. The number of hydrogen-bond acceptors (Lipinski definition) is 9. The molecule has 0 radical (unpaired) electrons. The van der Waals surface area contributed by atoms with Gasteiger partial charge in [0, 0.05) is 54.7 Å². The van der Waals surface area contributed by atoms with Gasteiger partial charge < -0.3 is 19.9 Å². The van der Waals surface area contributed by atoms with Crippen LogP contribution >= 0.6 is 22.9 Å². The number of thiazole rings is 1. The van der Waals surface area contributed by atoms with Gasteiger partial charge in [-0.15, -0.1) is 0 Å². The highest BCUT2D eigenvalue weighted by Gasteiger charge is 2.42. The summed E-state index contributed by atoms with van der Waals surface area (Å²) in [7, 11) is 4.19. The fourth-order valence-electron chi connectivity index (χ4n) is 7.13. The number of halogens is 3. The van der Waals surface area contributed by atoms with Crippen molar-refractivity contribution < 1.29 is 18.3 Å². The van der Waals surface area contributed by atoms with Crippen molar-refractivity contribution in [2.45, 2.75) is 77.0 Å². The molecule has 4 aromatic rings. The minimum absolute atomic E-state index is 0.0838. The molecule has 13 heteroatoms. The zero-order valence-corrected chi connectivity index (χ0v) is 28.9. The lowest BCUT2D eigenvalue weighted by Crippen LogP contribution is -2.51. The number of benzene rings is 2. The number of piperazine rings is 1. The minimum Gasteiger partial charge on any atom is -0.444 e. The molecule has 9 nitrogen and oxygen atoms in total. The van der Waals surface area contributed by atoms with Crippen LogP contribution in [0.2, 0.25) is 5.02 Å². The highest BCUT2D eigenvalue weighted by atomic mass is 35.5. The molecule has 2 N–H and O–H groups in total. The second-order valence-corrected chi connectivity index (χ2v) is 16.0. The van der Waals surface area contributed by atoms with E-state index in [0.717, 1.165) is 50.2 Å². The fourth-order valence-corrected chi connectivity index (χ4v) is 8.30. The van der Waals surface area contributed by atoms with Gasteiger partial charge in [-0.1, -0.05) is 22.9 Å². The summed E-state index contributed by atoms with van der Waals surface area (Å²) in [4.78, 5) is 31.3. The average Bonchev–Trinajstić information content (AvgIpc) is 3.46. The zero-order chi connectivity index (χ0) is 33.2. The van der Waals surface area contributed by atoms with Gasteiger partial charge in [-0.25, -0.2) is 28.5 Å². The van der Waals surface area contributed by atoms with E-state index in [-0.39, 0.29) is 36.9 Å². The van der Waals surface area contributed by atoms with Crippen LogP contribution in [0.3, 0.4) is 0 Å². The maximum atomic E-state index is 17.0. The molecule has 0 spiro atoms. The number of hydrogen-bond donors (Lipinski definition) is 2. The quantitative estimate of drug-likeness (QED) is 0.198. The first kappa shape index (κ1) is 32.4. The summed E-state index contributed by atoms with van der Waals surface area (Å²) in [6.07, 6.45) is 5.38. The number of rotatable bonds is 8. The number of fused-ring (bicyclic) bond motifs is 4. The smallest absolute Gasteiger partial charge is 0.413 e. The summed E-state index contributed by atoms with van der Waals surface area (Å²) >= 11 is 7.85. The number of aromatic nitrogens is 3. The van der Waals surface area contributed by atoms with E-state index in [9.17, 15) is 4.79 Å². The van der Waals surface area contributed by atoms with Crippen molar-refractivity contribution >= 4 is 61.1 Å². The molecule has 3 aliphatic rings. The summed E-state index contributed by atoms with van der Waals surface area (Å²) in [6.45, 7) is 7.79. The number of anilines is 2. The molecule has 2 bridgehead atoms. The maximum absolute atomic E-state index is 17.0. The molecule has 47 heavy (non-hydrogen) atoms.